The molecule has 3 rings (SSSR count). The lowest BCUT2D eigenvalue weighted by molar-refractivity contribution is 0.553. The van der Waals surface area contributed by atoms with Crippen LogP contribution in [-0.4, -0.2) is 4.98 Å². The molecule has 20 heavy (non-hydrogen) atoms. The molecule has 0 amide bonds. The minimum atomic E-state index is 0.319. The van der Waals surface area contributed by atoms with Gasteiger partial charge in [-0.25, -0.2) is 4.98 Å². The second kappa shape index (κ2) is 5.84. The molecule has 2 heterocycles. The largest absolute Gasteiger partial charge is 0.354 e. The summed E-state index contributed by atoms with van der Waals surface area (Å²) in [7, 11) is 0. The minimum absolute atomic E-state index is 0.319. The minimum Gasteiger partial charge on any atom is -0.354 e. The Morgan fingerprint density at radius 1 is 1.25 bits per heavy atom. The number of nitrogens with zero attached hydrogens (tertiary/aromatic N) is 1. The summed E-state index contributed by atoms with van der Waals surface area (Å²) in [6.45, 7) is 4.47. The maximum absolute atomic E-state index is 4.68. The van der Waals surface area contributed by atoms with E-state index in [0.29, 0.717) is 12.0 Å². The molecule has 1 aromatic carbocycles. The lowest BCUT2D eigenvalue weighted by Gasteiger charge is -2.20. The molecule has 0 saturated heterocycles. The fraction of sp³-hybridized carbons (Fsp3) is 0.267. The molecule has 0 radical (unpaired) electrons. The van der Waals surface area contributed by atoms with Gasteiger partial charge in [-0.1, -0.05) is 47.2 Å². The number of benzene rings is 1. The SMILES string of the molecule is CC(C)C(Nc1nc2ccc(Br)cc2s1)c1cccs1. The van der Waals surface area contributed by atoms with E-state index in [-0.39, 0.29) is 0 Å². The van der Waals surface area contributed by atoms with Crippen molar-refractivity contribution < 1.29 is 0 Å². The van der Waals surface area contributed by atoms with Gasteiger partial charge in [0.2, 0.25) is 0 Å². The summed E-state index contributed by atoms with van der Waals surface area (Å²) in [6, 6.07) is 10.8. The lowest BCUT2D eigenvalue weighted by atomic mass is 10.0. The molecule has 0 saturated carbocycles. The van der Waals surface area contributed by atoms with Gasteiger partial charge in [0.05, 0.1) is 16.3 Å². The van der Waals surface area contributed by atoms with Crippen LogP contribution in [0.4, 0.5) is 5.13 Å². The summed E-state index contributed by atoms with van der Waals surface area (Å²) < 4.78 is 2.30. The second-order valence-electron chi connectivity index (χ2n) is 5.01. The fourth-order valence-corrected chi connectivity index (χ4v) is 4.53. The van der Waals surface area contributed by atoms with E-state index in [4.69, 9.17) is 0 Å². The van der Waals surface area contributed by atoms with Gasteiger partial charge in [0.25, 0.3) is 0 Å². The maximum Gasteiger partial charge on any atom is 0.184 e. The van der Waals surface area contributed by atoms with Crippen LogP contribution in [0.25, 0.3) is 10.2 Å². The van der Waals surface area contributed by atoms with Crippen LogP contribution in [0.2, 0.25) is 0 Å². The van der Waals surface area contributed by atoms with Crippen LogP contribution in [0.1, 0.15) is 24.8 Å². The van der Waals surface area contributed by atoms with Crippen LogP contribution in [0.3, 0.4) is 0 Å². The number of hydrogen-bond donors (Lipinski definition) is 1. The third-order valence-electron chi connectivity index (χ3n) is 3.15. The highest BCUT2D eigenvalue weighted by molar-refractivity contribution is 9.10. The van der Waals surface area contributed by atoms with Crippen molar-refractivity contribution >= 4 is 54.0 Å². The topological polar surface area (TPSA) is 24.9 Å². The number of halogens is 1. The summed E-state index contributed by atoms with van der Waals surface area (Å²) in [6.07, 6.45) is 0. The predicted molar refractivity (Wildman–Crippen MR) is 92.8 cm³/mol. The van der Waals surface area contributed by atoms with Gasteiger partial charge in [0, 0.05) is 9.35 Å². The molecule has 3 aromatic rings. The van der Waals surface area contributed by atoms with Crippen LogP contribution < -0.4 is 5.32 Å². The zero-order valence-electron chi connectivity index (χ0n) is 11.3. The molecular formula is C15H15BrN2S2. The molecule has 0 aliphatic rings. The van der Waals surface area contributed by atoms with Gasteiger partial charge >= 0.3 is 0 Å². The van der Waals surface area contributed by atoms with Gasteiger partial charge < -0.3 is 5.32 Å². The first-order chi connectivity index (χ1) is 9.63. The molecule has 2 nitrogen and oxygen atoms in total. The van der Waals surface area contributed by atoms with Gasteiger partial charge in [0.1, 0.15) is 0 Å². The Balaban J connectivity index is 1.90. The molecular weight excluding hydrogens is 352 g/mol. The van der Waals surface area contributed by atoms with Crippen LogP contribution in [0.5, 0.6) is 0 Å². The van der Waals surface area contributed by atoms with Gasteiger partial charge in [-0.15, -0.1) is 11.3 Å². The van der Waals surface area contributed by atoms with Gasteiger partial charge in [-0.2, -0.15) is 0 Å². The monoisotopic (exact) mass is 366 g/mol. The lowest BCUT2D eigenvalue weighted by Crippen LogP contribution is -2.15. The van der Waals surface area contributed by atoms with E-state index >= 15 is 0 Å². The molecule has 0 spiro atoms. The Kier molecular flexibility index (Phi) is 4.10. The highest BCUT2D eigenvalue weighted by atomic mass is 79.9. The van der Waals surface area contributed by atoms with E-state index in [9.17, 15) is 0 Å². The van der Waals surface area contributed by atoms with Gasteiger partial charge in [0.15, 0.2) is 5.13 Å². The van der Waals surface area contributed by atoms with Gasteiger partial charge in [-0.05, 0) is 35.6 Å². The summed E-state index contributed by atoms with van der Waals surface area (Å²) in [4.78, 5) is 6.04. The molecule has 1 unspecified atom stereocenters. The number of thiazole rings is 1. The number of fused-ring (bicyclic) bond motifs is 1. The number of aromatic nitrogens is 1. The van der Waals surface area contributed by atoms with Crippen molar-refractivity contribution in [3.63, 3.8) is 0 Å². The predicted octanol–water partition coefficient (Wildman–Crippen LogP) is 5.93. The smallest absolute Gasteiger partial charge is 0.184 e. The number of hydrogen-bond acceptors (Lipinski definition) is 4. The van der Waals surface area contributed by atoms with Crippen LogP contribution in [0, 0.1) is 5.92 Å². The number of anilines is 1. The molecule has 1 atom stereocenters. The first-order valence-electron chi connectivity index (χ1n) is 6.49. The second-order valence-corrected chi connectivity index (χ2v) is 7.94. The van der Waals surface area contributed by atoms with Crippen LogP contribution in [-0.2, 0) is 0 Å². The average molecular weight is 367 g/mol. The van der Waals surface area contributed by atoms with Crippen molar-refractivity contribution in [1.29, 1.82) is 0 Å². The normalized spacial score (nSPS) is 13.0. The van der Waals surface area contributed by atoms with E-state index in [0.717, 1.165) is 15.1 Å². The third-order valence-corrected chi connectivity index (χ3v) is 5.54. The summed E-state index contributed by atoms with van der Waals surface area (Å²) >= 11 is 7.01. The molecule has 0 aliphatic heterocycles. The van der Waals surface area contributed by atoms with E-state index in [1.165, 1.54) is 9.58 Å². The molecule has 1 N–H and O–H groups in total. The summed E-state index contributed by atoms with van der Waals surface area (Å²) in [5, 5.41) is 6.71. The van der Waals surface area contributed by atoms with E-state index in [1.807, 2.05) is 6.07 Å². The van der Waals surface area contributed by atoms with Crippen LogP contribution >= 0.6 is 38.6 Å². The molecule has 0 bridgehead atoms. The van der Waals surface area contributed by atoms with Crippen LogP contribution in [0.15, 0.2) is 40.2 Å². The maximum atomic E-state index is 4.68. The first kappa shape index (κ1) is 14.0. The Bertz CT molecular complexity index is 704. The molecule has 0 aliphatic carbocycles. The summed E-state index contributed by atoms with van der Waals surface area (Å²) in [5.41, 5.74) is 1.05. The average Bonchev–Trinajstić information content (AvgIpc) is 3.03. The van der Waals surface area contributed by atoms with Crippen molar-refractivity contribution in [3.05, 3.63) is 45.1 Å². The molecule has 5 heteroatoms. The number of rotatable bonds is 4. The van der Waals surface area contributed by atoms with E-state index in [2.05, 4.69) is 69.7 Å². The van der Waals surface area contributed by atoms with Crippen molar-refractivity contribution in [2.45, 2.75) is 19.9 Å². The first-order valence-corrected chi connectivity index (χ1v) is 8.98. The number of nitrogens with one attached hydrogen (secondary N) is 1. The van der Waals surface area contributed by atoms with Crippen molar-refractivity contribution in [3.8, 4) is 0 Å². The Labute approximate surface area is 135 Å². The van der Waals surface area contributed by atoms with Crippen molar-refractivity contribution in [1.82, 2.24) is 4.98 Å². The van der Waals surface area contributed by atoms with E-state index < -0.39 is 0 Å². The highest BCUT2D eigenvalue weighted by Crippen LogP contribution is 2.34. The third kappa shape index (κ3) is 2.90. The van der Waals surface area contributed by atoms with E-state index in [1.54, 1.807) is 22.7 Å². The van der Waals surface area contributed by atoms with Crippen molar-refractivity contribution in [2.24, 2.45) is 5.92 Å². The summed E-state index contributed by atoms with van der Waals surface area (Å²) in [5.74, 6) is 0.521. The van der Waals surface area contributed by atoms with Crippen molar-refractivity contribution in [2.75, 3.05) is 5.32 Å². The molecule has 2 aromatic heterocycles. The Morgan fingerprint density at radius 3 is 2.80 bits per heavy atom. The Morgan fingerprint density at radius 2 is 2.10 bits per heavy atom. The fourth-order valence-electron chi connectivity index (χ4n) is 2.13. The Hall–Kier alpha value is -0.910. The highest BCUT2D eigenvalue weighted by Gasteiger charge is 2.18. The zero-order valence-corrected chi connectivity index (χ0v) is 14.5. The molecule has 0 fully saturated rings. The number of thiophene rings is 1. The van der Waals surface area contributed by atoms with Gasteiger partial charge in [-0.3, -0.25) is 0 Å². The standard InChI is InChI=1S/C15H15BrN2S2/c1-9(2)14(12-4-3-7-19-12)18-15-17-11-6-5-10(16)8-13(11)20-15/h3-9,14H,1-2H3,(H,17,18). The quantitative estimate of drug-likeness (QED) is 0.618. The zero-order chi connectivity index (χ0) is 14.1. The molecule has 104 valence electrons.